The monoisotopic (exact) mass is 355 g/mol. The molecule has 26 heavy (non-hydrogen) atoms. The summed E-state index contributed by atoms with van der Waals surface area (Å²) in [5.74, 6) is 0.0626. The summed E-state index contributed by atoms with van der Waals surface area (Å²) in [6.07, 6.45) is 0. The van der Waals surface area contributed by atoms with E-state index in [0.29, 0.717) is 13.1 Å². The van der Waals surface area contributed by atoms with Gasteiger partial charge in [-0.05, 0) is 17.7 Å². The highest BCUT2D eigenvalue weighted by molar-refractivity contribution is 5.76. The fourth-order valence-electron chi connectivity index (χ4n) is 3.13. The molecule has 7 nitrogen and oxygen atoms in total. The van der Waals surface area contributed by atoms with Crippen LogP contribution in [0, 0.1) is 10.1 Å². The fraction of sp³-hybridized carbons (Fsp3) is 0.316. The minimum atomic E-state index is -0.389. The van der Waals surface area contributed by atoms with Crippen LogP contribution in [-0.4, -0.2) is 43.6 Å². The third-order valence-corrected chi connectivity index (χ3v) is 4.64. The first-order valence-corrected chi connectivity index (χ1v) is 8.75. The molecule has 136 valence electrons. The lowest BCUT2D eigenvalue weighted by molar-refractivity contribution is -0.892. The van der Waals surface area contributed by atoms with Crippen molar-refractivity contribution in [2.24, 2.45) is 0 Å². The lowest BCUT2D eigenvalue weighted by Gasteiger charge is -2.33. The standard InChI is InChI=1S/C19H22N4O3/c24-19(20-14-16-4-2-1-3-5-16)15-21-10-12-22(13-11-21)17-6-8-18(9-7-17)23(25)26/h1-9H,10-15H2,(H,20,24)/p+1. The SMILES string of the molecule is O=C(C[NH+]1CCN(c2ccc([N+](=O)[O-])cc2)CC1)NCc1ccccc1. The van der Waals surface area contributed by atoms with Crippen molar-refractivity contribution >= 4 is 17.3 Å². The van der Waals surface area contributed by atoms with E-state index in [1.54, 1.807) is 12.1 Å². The Balaban J connectivity index is 1.43. The summed E-state index contributed by atoms with van der Waals surface area (Å²) in [7, 11) is 0. The Labute approximate surface area is 152 Å². The average molecular weight is 355 g/mol. The summed E-state index contributed by atoms with van der Waals surface area (Å²) < 4.78 is 0. The first-order valence-electron chi connectivity index (χ1n) is 8.75. The molecule has 0 aliphatic carbocycles. The molecule has 1 aliphatic rings. The van der Waals surface area contributed by atoms with Gasteiger partial charge in [0.2, 0.25) is 0 Å². The van der Waals surface area contributed by atoms with Crippen LogP contribution >= 0.6 is 0 Å². The van der Waals surface area contributed by atoms with Crippen LogP contribution in [0.4, 0.5) is 11.4 Å². The molecule has 2 aromatic rings. The normalized spacial score (nSPS) is 14.8. The summed E-state index contributed by atoms with van der Waals surface area (Å²) >= 11 is 0. The highest BCUT2D eigenvalue weighted by Crippen LogP contribution is 2.19. The van der Waals surface area contributed by atoms with Crippen LogP contribution in [0.5, 0.6) is 0 Å². The van der Waals surface area contributed by atoms with Gasteiger partial charge in [0.1, 0.15) is 0 Å². The number of carbonyl (C=O) groups is 1. The zero-order valence-corrected chi connectivity index (χ0v) is 14.6. The Bertz CT molecular complexity index is 741. The number of nitro benzene ring substituents is 1. The Kier molecular flexibility index (Phi) is 5.80. The lowest BCUT2D eigenvalue weighted by atomic mass is 10.2. The number of hydrogen-bond donors (Lipinski definition) is 2. The molecule has 7 heteroatoms. The van der Waals surface area contributed by atoms with Gasteiger partial charge < -0.3 is 15.1 Å². The molecule has 0 spiro atoms. The van der Waals surface area contributed by atoms with E-state index in [-0.39, 0.29) is 16.5 Å². The number of benzene rings is 2. The molecule has 2 N–H and O–H groups in total. The Morgan fingerprint density at radius 1 is 1.08 bits per heavy atom. The number of carbonyl (C=O) groups excluding carboxylic acids is 1. The molecule has 0 radical (unpaired) electrons. The van der Waals surface area contributed by atoms with Crippen LogP contribution in [-0.2, 0) is 11.3 Å². The zero-order chi connectivity index (χ0) is 18.4. The maximum atomic E-state index is 12.1. The molecule has 1 saturated heterocycles. The summed E-state index contributed by atoms with van der Waals surface area (Å²) in [6.45, 7) is 4.44. The van der Waals surface area contributed by atoms with Crippen LogP contribution in [0.15, 0.2) is 54.6 Å². The minimum Gasteiger partial charge on any atom is -0.360 e. The van der Waals surface area contributed by atoms with Crippen LogP contribution in [0.1, 0.15) is 5.56 Å². The Hall–Kier alpha value is -2.93. The number of non-ortho nitro benzene ring substituents is 1. The third-order valence-electron chi connectivity index (χ3n) is 4.64. The number of rotatable bonds is 6. The lowest BCUT2D eigenvalue weighted by Crippen LogP contribution is -3.15. The van der Waals surface area contributed by atoms with Crippen molar-refractivity contribution < 1.29 is 14.6 Å². The van der Waals surface area contributed by atoms with Crippen molar-refractivity contribution in [3.8, 4) is 0 Å². The second-order valence-electron chi connectivity index (χ2n) is 6.45. The number of amides is 1. The predicted molar refractivity (Wildman–Crippen MR) is 99.2 cm³/mol. The Morgan fingerprint density at radius 2 is 1.73 bits per heavy atom. The van der Waals surface area contributed by atoms with E-state index in [2.05, 4.69) is 10.2 Å². The maximum absolute atomic E-state index is 12.1. The maximum Gasteiger partial charge on any atom is 0.275 e. The molecular formula is C19H23N4O3+. The van der Waals surface area contributed by atoms with E-state index in [1.165, 1.54) is 17.0 Å². The van der Waals surface area contributed by atoms with Crippen LogP contribution in [0.3, 0.4) is 0 Å². The predicted octanol–water partition coefficient (Wildman–Crippen LogP) is 0.616. The number of hydrogen-bond acceptors (Lipinski definition) is 4. The molecule has 0 aromatic heterocycles. The first-order chi connectivity index (χ1) is 12.6. The molecule has 3 rings (SSSR count). The number of quaternary nitrogens is 1. The number of piperazine rings is 1. The first kappa shape index (κ1) is 17.9. The molecule has 1 amide bonds. The topological polar surface area (TPSA) is 79.9 Å². The fourth-order valence-corrected chi connectivity index (χ4v) is 3.13. The zero-order valence-electron chi connectivity index (χ0n) is 14.6. The van der Waals surface area contributed by atoms with Gasteiger partial charge in [0.25, 0.3) is 11.6 Å². The smallest absolute Gasteiger partial charge is 0.275 e. The van der Waals surface area contributed by atoms with E-state index >= 15 is 0 Å². The highest BCUT2D eigenvalue weighted by atomic mass is 16.6. The molecule has 1 aliphatic heterocycles. The van der Waals surface area contributed by atoms with Gasteiger partial charge in [-0.25, -0.2) is 0 Å². The largest absolute Gasteiger partial charge is 0.360 e. The van der Waals surface area contributed by atoms with E-state index in [4.69, 9.17) is 0 Å². The minimum absolute atomic E-state index is 0.0626. The van der Waals surface area contributed by atoms with Crippen molar-refractivity contribution in [3.63, 3.8) is 0 Å². The summed E-state index contributed by atoms with van der Waals surface area (Å²) in [4.78, 5) is 25.9. The summed E-state index contributed by atoms with van der Waals surface area (Å²) in [6, 6.07) is 16.5. The second kappa shape index (κ2) is 8.44. The average Bonchev–Trinajstić information content (AvgIpc) is 2.68. The quantitative estimate of drug-likeness (QED) is 0.588. The summed E-state index contributed by atoms with van der Waals surface area (Å²) in [5, 5.41) is 13.7. The van der Waals surface area contributed by atoms with Gasteiger partial charge in [-0.3, -0.25) is 14.9 Å². The molecule has 0 atom stereocenters. The molecule has 2 aromatic carbocycles. The van der Waals surface area contributed by atoms with Gasteiger partial charge in [0, 0.05) is 24.4 Å². The molecule has 1 fully saturated rings. The summed E-state index contributed by atoms with van der Waals surface area (Å²) in [5.41, 5.74) is 2.19. The van der Waals surface area contributed by atoms with Gasteiger partial charge in [-0.2, -0.15) is 0 Å². The van der Waals surface area contributed by atoms with Gasteiger partial charge in [-0.15, -0.1) is 0 Å². The van der Waals surface area contributed by atoms with Crippen molar-refractivity contribution in [1.29, 1.82) is 0 Å². The van der Waals surface area contributed by atoms with Crippen molar-refractivity contribution in [3.05, 3.63) is 70.3 Å². The van der Waals surface area contributed by atoms with Gasteiger partial charge in [-0.1, -0.05) is 30.3 Å². The van der Waals surface area contributed by atoms with Crippen LogP contribution < -0.4 is 15.1 Å². The number of nitro groups is 1. The number of nitrogens with one attached hydrogen (secondary N) is 2. The molecule has 0 unspecified atom stereocenters. The second-order valence-corrected chi connectivity index (χ2v) is 6.45. The number of nitrogens with zero attached hydrogens (tertiary/aromatic N) is 2. The van der Waals surface area contributed by atoms with Gasteiger partial charge in [0.05, 0.1) is 31.1 Å². The molecule has 0 bridgehead atoms. The third kappa shape index (κ3) is 4.80. The van der Waals surface area contributed by atoms with Crippen molar-refractivity contribution in [2.45, 2.75) is 6.54 Å². The van der Waals surface area contributed by atoms with Crippen molar-refractivity contribution in [2.75, 3.05) is 37.6 Å². The van der Waals surface area contributed by atoms with Gasteiger partial charge >= 0.3 is 0 Å². The Morgan fingerprint density at radius 3 is 2.35 bits per heavy atom. The van der Waals surface area contributed by atoms with E-state index < -0.39 is 0 Å². The van der Waals surface area contributed by atoms with Crippen molar-refractivity contribution in [1.82, 2.24) is 5.32 Å². The molecule has 0 saturated carbocycles. The van der Waals surface area contributed by atoms with Gasteiger partial charge in [0.15, 0.2) is 6.54 Å². The van der Waals surface area contributed by atoms with E-state index in [9.17, 15) is 14.9 Å². The van der Waals surface area contributed by atoms with Crippen LogP contribution in [0.25, 0.3) is 0 Å². The number of anilines is 1. The van der Waals surface area contributed by atoms with E-state index in [0.717, 1.165) is 37.4 Å². The molecule has 1 heterocycles. The van der Waals surface area contributed by atoms with Crippen LogP contribution in [0.2, 0.25) is 0 Å². The van der Waals surface area contributed by atoms with E-state index in [1.807, 2.05) is 30.3 Å². The highest BCUT2D eigenvalue weighted by Gasteiger charge is 2.22. The molecular weight excluding hydrogens is 332 g/mol.